The number of rotatable bonds is 4. The molecule has 4 atom stereocenters. The second-order valence-corrected chi connectivity index (χ2v) is 6.84. The second kappa shape index (κ2) is 6.65. The van der Waals surface area contributed by atoms with E-state index in [0.717, 1.165) is 19.3 Å². The van der Waals surface area contributed by atoms with E-state index in [1.807, 2.05) is 6.92 Å². The SMILES string of the molecule is CCOC1COCCC1NC(=O)N1C[C@@H]2CCC[C@@]2(C(=O)O)C1. The van der Waals surface area contributed by atoms with E-state index in [0.29, 0.717) is 39.3 Å². The first-order chi connectivity index (χ1) is 11.1. The van der Waals surface area contributed by atoms with Crippen LogP contribution in [0.4, 0.5) is 4.79 Å². The standard InChI is InChI=1S/C16H26N2O5/c1-2-23-13-9-22-7-5-12(13)17-15(21)18-8-11-4-3-6-16(11,10-18)14(19)20/h11-13H,2-10H2,1H3,(H,17,21)(H,19,20)/t11-,12?,13?,16+/m0/s1. The normalized spacial score (nSPS) is 36.7. The molecule has 2 N–H and O–H groups in total. The Balaban J connectivity index is 1.62. The first-order valence-electron chi connectivity index (χ1n) is 8.55. The molecule has 0 spiro atoms. The van der Waals surface area contributed by atoms with Crippen LogP contribution in [-0.4, -0.2) is 67.1 Å². The molecule has 23 heavy (non-hydrogen) atoms. The molecule has 0 aromatic heterocycles. The molecule has 2 saturated heterocycles. The summed E-state index contributed by atoms with van der Waals surface area (Å²) in [5, 5.41) is 12.6. The summed E-state index contributed by atoms with van der Waals surface area (Å²) in [7, 11) is 0. The van der Waals surface area contributed by atoms with E-state index < -0.39 is 11.4 Å². The lowest BCUT2D eigenvalue weighted by Crippen LogP contribution is -2.53. The maximum atomic E-state index is 12.6. The van der Waals surface area contributed by atoms with Gasteiger partial charge in [0.15, 0.2) is 0 Å². The van der Waals surface area contributed by atoms with E-state index in [4.69, 9.17) is 9.47 Å². The number of aliphatic carboxylic acids is 1. The third kappa shape index (κ3) is 3.04. The number of hydrogen-bond acceptors (Lipinski definition) is 4. The predicted octanol–water partition coefficient (Wildman–Crippen LogP) is 1.08. The van der Waals surface area contributed by atoms with Gasteiger partial charge in [-0.15, -0.1) is 0 Å². The number of nitrogens with one attached hydrogen (secondary N) is 1. The van der Waals surface area contributed by atoms with Gasteiger partial charge in [-0.1, -0.05) is 6.42 Å². The van der Waals surface area contributed by atoms with Gasteiger partial charge in [-0.25, -0.2) is 4.79 Å². The maximum absolute atomic E-state index is 12.6. The summed E-state index contributed by atoms with van der Waals surface area (Å²) in [6, 6.07) is -0.242. The van der Waals surface area contributed by atoms with Gasteiger partial charge in [-0.2, -0.15) is 0 Å². The van der Waals surface area contributed by atoms with Crippen LogP contribution in [0.3, 0.4) is 0 Å². The van der Waals surface area contributed by atoms with Crippen LogP contribution in [0.25, 0.3) is 0 Å². The van der Waals surface area contributed by atoms with Crippen molar-refractivity contribution in [2.24, 2.45) is 11.3 Å². The number of amides is 2. The molecule has 2 amide bonds. The smallest absolute Gasteiger partial charge is 0.317 e. The van der Waals surface area contributed by atoms with Crippen molar-refractivity contribution >= 4 is 12.0 Å². The summed E-state index contributed by atoms with van der Waals surface area (Å²) in [4.78, 5) is 26.0. The lowest BCUT2D eigenvalue weighted by Gasteiger charge is -2.33. The number of fused-ring (bicyclic) bond motifs is 1. The Morgan fingerprint density at radius 3 is 2.96 bits per heavy atom. The van der Waals surface area contributed by atoms with E-state index in [2.05, 4.69) is 5.32 Å². The lowest BCUT2D eigenvalue weighted by atomic mass is 9.81. The summed E-state index contributed by atoms with van der Waals surface area (Å²) in [5.74, 6) is -0.670. The zero-order valence-electron chi connectivity index (χ0n) is 13.6. The van der Waals surface area contributed by atoms with Crippen LogP contribution < -0.4 is 5.32 Å². The molecule has 2 unspecified atom stereocenters. The van der Waals surface area contributed by atoms with Gasteiger partial charge < -0.3 is 24.8 Å². The monoisotopic (exact) mass is 326 g/mol. The van der Waals surface area contributed by atoms with Crippen molar-refractivity contribution in [3.8, 4) is 0 Å². The zero-order chi connectivity index (χ0) is 16.4. The van der Waals surface area contributed by atoms with Crippen molar-refractivity contribution < 1.29 is 24.2 Å². The molecule has 3 rings (SSSR count). The Morgan fingerprint density at radius 1 is 1.43 bits per heavy atom. The molecule has 130 valence electrons. The quantitative estimate of drug-likeness (QED) is 0.807. The average Bonchev–Trinajstić information content (AvgIpc) is 3.07. The summed E-state index contributed by atoms with van der Waals surface area (Å²) in [6.07, 6.45) is 3.11. The molecule has 0 radical (unpaired) electrons. The molecule has 0 bridgehead atoms. The molecule has 7 nitrogen and oxygen atoms in total. The highest BCUT2D eigenvalue weighted by atomic mass is 16.5. The van der Waals surface area contributed by atoms with E-state index >= 15 is 0 Å². The topological polar surface area (TPSA) is 88.1 Å². The number of hydrogen-bond donors (Lipinski definition) is 2. The van der Waals surface area contributed by atoms with E-state index in [-0.39, 0.29) is 24.1 Å². The number of carboxylic acid groups (broad SMARTS) is 1. The van der Waals surface area contributed by atoms with Crippen LogP contribution in [0.2, 0.25) is 0 Å². The Labute approximate surface area is 136 Å². The number of likely N-dealkylation sites (tertiary alicyclic amines) is 1. The summed E-state index contributed by atoms with van der Waals surface area (Å²) < 4.78 is 11.1. The van der Waals surface area contributed by atoms with Gasteiger partial charge in [0.25, 0.3) is 0 Å². The minimum Gasteiger partial charge on any atom is -0.481 e. The Morgan fingerprint density at radius 2 is 2.26 bits per heavy atom. The minimum atomic E-state index is -0.756. The highest BCUT2D eigenvalue weighted by Gasteiger charge is 2.56. The Kier molecular flexibility index (Phi) is 4.77. The fraction of sp³-hybridized carbons (Fsp3) is 0.875. The number of ether oxygens (including phenoxy) is 2. The summed E-state index contributed by atoms with van der Waals surface area (Å²) in [6.45, 7) is 4.46. The first kappa shape index (κ1) is 16.5. The van der Waals surface area contributed by atoms with Crippen molar-refractivity contribution in [3.63, 3.8) is 0 Å². The molecule has 2 heterocycles. The molecule has 3 fully saturated rings. The molecule has 2 aliphatic heterocycles. The van der Waals surface area contributed by atoms with Crippen LogP contribution in [-0.2, 0) is 14.3 Å². The van der Waals surface area contributed by atoms with Crippen molar-refractivity contribution in [3.05, 3.63) is 0 Å². The maximum Gasteiger partial charge on any atom is 0.317 e. The minimum absolute atomic E-state index is 0.0718. The fourth-order valence-corrected chi connectivity index (χ4v) is 4.30. The first-order valence-corrected chi connectivity index (χ1v) is 8.55. The predicted molar refractivity (Wildman–Crippen MR) is 82.2 cm³/mol. The van der Waals surface area contributed by atoms with E-state index in [1.54, 1.807) is 4.90 Å². The molecule has 1 aliphatic carbocycles. The fourth-order valence-electron chi connectivity index (χ4n) is 4.30. The number of carbonyl (C=O) groups is 2. The summed E-state index contributed by atoms with van der Waals surface area (Å²) in [5.41, 5.74) is -0.730. The van der Waals surface area contributed by atoms with Crippen LogP contribution in [0.1, 0.15) is 32.6 Å². The number of urea groups is 1. The molecule has 3 aliphatic rings. The Hall–Kier alpha value is -1.34. The lowest BCUT2D eigenvalue weighted by molar-refractivity contribution is -0.149. The number of nitrogens with zero attached hydrogens (tertiary/aromatic N) is 1. The van der Waals surface area contributed by atoms with Crippen molar-refractivity contribution in [2.45, 2.75) is 44.8 Å². The molecule has 0 aromatic carbocycles. The molecular weight excluding hydrogens is 300 g/mol. The molecular formula is C16H26N2O5. The van der Waals surface area contributed by atoms with Gasteiger partial charge in [0.1, 0.15) is 6.10 Å². The van der Waals surface area contributed by atoms with Crippen molar-refractivity contribution in [2.75, 3.05) is 32.9 Å². The largest absolute Gasteiger partial charge is 0.481 e. The molecule has 7 heteroatoms. The second-order valence-electron chi connectivity index (χ2n) is 6.84. The van der Waals surface area contributed by atoms with Gasteiger partial charge in [-0.3, -0.25) is 4.79 Å². The highest BCUT2D eigenvalue weighted by Crippen LogP contribution is 2.48. The number of carbonyl (C=O) groups excluding carboxylic acids is 1. The highest BCUT2D eigenvalue weighted by molar-refractivity contribution is 5.80. The third-order valence-electron chi connectivity index (χ3n) is 5.58. The van der Waals surface area contributed by atoms with E-state index in [1.165, 1.54) is 0 Å². The van der Waals surface area contributed by atoms with Crippen LogP contribution in [0.15, 0.2) is 0 Å². The molecule has 1 saturated carbocycles. The van der Waals surface area contributed by atoms with Crippen LogP contribution in [0, 0.1) is 11.3 Å². The van der Waals surface area contributed by atoms with Crippen molar-refractivity contribution in [1.82, 2.24) is 10.2 Å². The van der Waals surface area contributed by atoms with Crippen LogP contribution >= 0.6 is 0 Å². The zero-order valence-corrected chi connectivity index (χ0v) is 13.6. The van der Waals surface area contributed by atoms with Gasteiger partial charge >= 0.3 is 12.0 Å². The molecule has 0 aromatic rings. The van der Waals surface area contributed by atoms with Gasteiger partial charge in [0.05, 0.1) is 18.1 Å². The van der Waals surface area contributed by atoms with Crippen molar-refractivity contribution in [1.29, 1.82) is 0 Å². The Bertz CT molecular complexity index is 469. The third-order valence-corrected chi connectivity index (χ3v) is 5.58. The number of carboxylic acids is 1. The average molecular weight is 326 g/mol. The van der Waals surface area contributed by atoms with E-state index in [9.17, 15) is 14.7 Å². The summed E-state index contributed by atoms with van der Waals surface area (Å²) >= 11 is 0. The van der Waals surface area contributed by atoms with Crippen LogP contribution in [0.5, 0.6) is 0 Å². The van der Waals surface area contributed by atoms with Gasteiger partial charge in [0, 0.05) is 26.3 Å². The van der Waals surface area contributed by atoms with Gasteiger partial charge in [0.2, 0.25) is 0 Å². The van der Waals surface area contributed by atoms with Gasteiger partial charge in [-0.05, 0) is 32.1 Å².